The van der Waals surface area contributed by atoms with Gasteiger partial charge in [-0.15, -0.1) is 10.2 Å². The zero-order valence-corrected chi connectivity index (χ0v) is 17.1. The van der Waals surface area contributed by atoms with Crippen molar-refractivity contribution in [3.05, 3.63) is 41.4 Å². The average molecular weight is 416 g/mol. The van der Waals surface area contributed by atoms with Gasteiger partial charge in [0, 0.05) is 29.7 Å². The standard InChI is InChI=1S/C20H22ClN5OS/c21-15-6-4-5-14(11-15)17-12-22-18(27-17)13-28-20-24-23-19(26(20)16-7-8-16)25-9-2-1-3-10-25/h4-6,11-12,16H,1-3,7-10,13H2. The Morgan fingerprint density at radius 1 is 1.14 bits per heavy atom. The van der Waals surface area contributed by atoms with Crippen molar-refractivity contribution in [2.24, 2.45) is 0 Å². The van der Waals surface area contributed by atoms with Gasteiger partial charge in [0.15, 0.2) is 10.9 Å². The molecule has 1 aromatic carbocycles. The second-order valence-electron chi connectivity index (χ2n) is 7.35. The summed E-state index contributed by atoms with van der Waals surface area (Å²) in [7, 11) is 0. The molecule has 0 radical (unpaired) electrons. The van der Waals surface area contributed by atoms with E-state index in [1.807, 2.05) is 24.3 Å². The Bertz CT molecular complexity index is 961. The van der Waals surface area contributed by atoms with Crippen LogP contribution in [0.15, 0.2) is 40.0 Å². The molecule has 146 valence electrons. The van der Waals surface area contributed by atoms with Gasteiger partial charge in [-0.25, -0.2) is 4.98 Å². The molecule has 3 heterocycles. The molecule has 0 N–H and O–H groups in total. The van der Waals surface area contributed by atoms with Gasteiger partial charge in [0.05, 0.1) is 11.9 Å². The number of anilines is 1. The maximum atomic E-state index is 6.07. The third-order valence-electron chi connectivity index (χ3n) is 5.18. The fourth-order valence-electron chi connectivity index (χ4n) is 3.61. The van der Waals surface area contributed by atoms with E-state index in [2.05, 4.69) is 24.6 Å². The molecular formula is C20H22ClN5OS. The molecule has 0 unspecified atom stereocenters. The van der Waals surface area contributed by atoms with Gasteiger partial charge in [0.1, 0.15) is 0 Å². The SMILES string of the molecule is Clc1cccc(-c2cnc(CSc3nnc(N4CCCCC4)n3C3CC3)o2)c1. The molecule has 28 heavy (non-hydrogen) atoms. The molecule has 2 aliphatic rings. The van der Waals surface area contributed by atoms with Crippen LogP contribution >= 0.6 is 23.4 Å². The van der Waals surface area contributed by atoms with E-state index in [0.717, 1.165) is 35.5 Å². The minimum absolute atomic E-state index is 0.543. The molecule has 5 rings (SSSR count). The third kappa shape index (κ3) is 3.78. The van der Waals surface area contributed by atoms with Crippen molar-refractivity contribution in [3.63, 3.8) is 0 Å². The number of piperidine rings is 1. The molecule has 0 amide bonds. The van der Waals surface area contributed by atoms with Crippen LogP contribution in [0.5, 0.6) is 0 Å². The van der Waals surface area contributed by atoms with E-state index in [9.17, 15) is 0 Å². The van der Waals surface area contributed by atoms with Crippen molar-refractivity contribution in [1.82, 2.24) is 19.7 Å². The Hall–Kier alpha value is -1.99. The Kier molecular flexibility index (Phi) is 5.03. The van der Waals surface area contributed by atoms with Crippen molar-refractivity contribution < 1.29 is 4.42 Å². The smallest absolute Gasteiger partial charge is 0.228 e. The van der Waals surface area contributed by atoms with E-state index in [-0.39, 0.29) is 0 Å². The molecule has 6 nitrogen and oxygen atoms in total. The molecule has 8 heteroatoms. The molecule has 3 aromatic rings. The van der Waals surface area contributed by atoms with Crippen LogP contribution in [-0.2, 0) is 5.75 Å². The van der Waals surface area contributed by atoms with E-state index in [1.54, 1.807) is 18.0 Å². The Labute approximate surface area is 173 Å². The van der Waals surface area contributed by atoms with Crippen LogP contribution in [-0.4, -0.2) is 32.8 Å². The maximum Gasteiger partial charge on any atom is 0.228 e. The molecule has 2 fully saturated rings. The van der Waals surface area contributed by atoms with Gasteiger partial charge >= 0.3 is 0 Å². The number of hydrogen-bond donors (Lipinski definition) is 0. The van der Waals surface area contributed by atoms with E-state index in [4.69, 9.17) is 16.0 Å². The number of oxazole rings is 1. The Morgan fingerprint density at radius 2 is 2.00 bits per heavy atom. The lowest BCUT2D eigenvalue weighted by atomic mass is 10.1. The zero-order valence-electron chi connectivity index (χ0n) is 15.6. The second-order valence-corrected chi connectivity index (χ2v) is 8.73. The number of halogens is 1. The van der Waals surface area contributed by atoms with E-state index < -0.39 is 0 Å². The molecular weight excluding hydrogens is 394 g/mol. The van der Waals surface area contributed by atoms with Gasteiger partial charge in [-0.3, -0.25) is 4.57 Å². The van der Waals surface area contributed by atoms with E-state index >= 15 is 0 Å². The van der Waals surface area contributed by atoms with Gasteiger partial charge in [-0.05, 0) is 44.2 Å². The predicted octanol–water partition coefficient (Wildman–Crippen LogP) is 5.20. The number of hydrogen-bond acceptors (Lipinski definition) is 6. The summed E-state index contributed by atoms with van der Waals surface area (Å²) in [5, 5.41) is 10.7. The minimum atomic E-state index is 0.543. The predicted molar refractivity (Wildman–Crippen MR) is 111 cm³/mol. The normalized spacial score (nSPS) is 17.2. The number of rotatable bonds is 6. The summed E-state index contributed by atoms with van der Waals surface area (Å²) in [6.45, 7) is 2.16. The summed E-state index contributed by atoms with van der Waals surface area (Å²) in [6.07, 6.45) is 7.97. The highest BCUT2D eigenvalue weighted by atomic mass is 35.5. The number of thioether (sulfide) groups is 1. The molecule has 0 spiro atoms. The van der Waals surface area contributed by atoms with Gasteiger partial charge in [-0.2, -0.15) is 0 Å². The van der Waals surface area contributed by atoms with Crippen LogP contribution in [0.2, 0.25) is 5.02 Å². The summed E-state index contributed by atoms with van der Waals surface area (Å²) < 4.78 is 8.26. The van der Waals surface area contributed by atoms with Gasteiger partial charge in [0.25, 0.3) is 0 Å². The summed E-state index contributed by atoms with van der Waals surface area (Å²) in [4.78, 5) is 6.82. The quantitative estimate of drug-likeness (QED) is 0.515. The van der Waals surface area contributed by atoms with Gasteiger partial charge in [-0.1, -0.05) is 35.5 Å². The van der Waals surface area contributed by atoms with Crippen molar-refractivity contribution in [2.45, 2.75) is 49.1 Å². The highest BCUT2D eigenvalue weighted by Gasteiger charge is 2.32. The van der Waals surface area contributed by atoms with Crippen molar-refractivity contribution in [3.8, 4) is 11.3 Å². The highest BCUT2D eigenvalue weighted by molar-refractivity contribution is 7.98. The summed E-state index contributed by atoms with van der Waals surface area (Å²) in [5.74, 6) is 3.09. The van der Waals surface area contributed by atoms with Crippen LogP contribution in [0.25, 0.3) is 11.3 Å². The lowest BCUT2D eigenvalue weighted by Gasteiger charge is -2.27. The van der Waals surface area contributed by atoms with Crippen molar-refractivity contribution in [2.75, 3.05) is 18.0 Å². The molecule has 2 aromatic heterocycles. The first-order valence-electron chi connectivity index (χ1n) is 9.81. The summed E-state index contributed by atoms with van der Waals surface area (Å²) in [5.41, 5.74) is 0.935. The average Bonchev–Trinajstić information content (AvgIpc) is 3.29. The fourth-order valence-corrected chi connectivity index (χ4v) is 4.65. The second kappa shape index (κ2) is 7.79. The Balaban J connectivity index is 1.31. The van der Waals surface area contributed by atoms with Gasteiger partial charge in [0.2, 0.25) is 11.8 Å². The highest BCUT2D eigenvalue weighted by Crippen LogP contribution is 2.41. The third-order valence-corrected chi connectivity index (χ3v) is 6.35. The number of aromatic nitrogens is 4. The molecule has 1 saturated heterocycles. The van der Waals surface area contributed by atoms with Crippen molar-refractivity contribution >= 4 is 29.3 Å². The van der Waals surface area contributed by atoms with E-state index in [0.29, 0.717) is 22.7 Å². The van der Waals surface area contributed by atoms with Crippen molar-refractivity contribution in [1.29, 1.82) is 0 Å². The lowest BCUT2D eigenvalue weighted by molar-refractivity contribution is 0.529. The lowest BCUT2D eigenvalue weighted by Crippen LogP contribution is -2.31. The van der Waals surface area contributed by atoms with Gasteiger partial charge < -0.3 is 9.32 Å². The van der Waals surface area contributed by atoms with Crippen LogP contribution < -0.4 is 4.90 Å². The zero-order chi connectivity index (χ0) is 18.9. The van der Waals surface area contributed by atoms with Crippen LogP contribution in [0, 0.1) is 0 Å². The molecule has 0 bridgehead atoms. The molecule has 1 saturated carbocycles. The monoisotopic (exact) mass is 415 g/mol. The summed E-state index contributed by atoms with van der Waals surface area (Å²) >= 11 is 7.72. The molecule has 1 aliphatic carbocycles. The first-order chi connectivity index (χ1) is 13.8. The number of benzene rings is 1. The maximum absolute atomic E-state index is 6.07. The van der Waals surface area contributed by atoms with Crippen LogP contribution in [0.4, 0.5) is 5.95 Å². The minimum Gasteiger partial charge on any atom is -0.440 e. The fraction of sp³-hybridized carbons (Fsp3) is 0.450. The first kappa shape index (κ1) is 18.1. The first-order valence-corrected chi connectivity index (χ1v) is 11.2. The number of nitrogens with zero attached hydrogens (tertiary/aromatic N) is 5. The largest absolute Gasteiger partial charge is 0.440 e. The molecule has 0 atom stereocenters. The Morgan fingerprint density at radius 3 is 2.79 bits per heavy atom. The summed E-state index contributed by atoms with van der Waals surface area (Å²) in [6, 6.07) is 8.16. The molecule has 1 aliphatic heterocycles. The topological polar surface area (TPSA) is 60.0 Å². The van der Waals surface area contributed by atoms with Crippen LogP contribution in [0.3, 0.4) is 0 Å². The van der Waals surface area contributed by atoms with E-state index in [1.165, 1.54) is 32.1 Å². The van der Waals surface area contributed by atoms with Crippen LogP contribution in [0.1, 0.15) is 44.0 Å².